The van der Waals surface area contributed by atoms with E-state index in [9.17, 15) is 4.79 Å². The van der Waals surface area contributed by atoms with Crippen molar-refractivity contribution < 1.29 is 9.53 Å². The molecule has 0 aromatic carbocycles. The molecule has 16 heavy (non-hydrogen) atoms. The fourth-order valence-electron chi connectivity index (χ4n) is 1.47. The number of rotatable bonds is 6. The predicted molar refractivity (Wildman–Crippen MR) is 61.0 cm³/mol. The Bertz CT molecular complexity index is 336. The van der Waals surface area contributed by atoms with Gasteiger partial charge >= 0.3 is 5.97 Å². The van der Waals surface area contributed by atoms with E-state index < -0.39 is 0 Å². The van der Waals surface area contributed by atoms with Crippen LogP contribution in [0.1, 0.15) is 18.9 Å². The van der Waals surface area contributed by atoms with Crippen molar-refractivity contribution in [3.05, 3.63) is 18.0 Å². The van der Waals surface area contributed by atoms with Gasteiger partial charge in [0.15, 0.2) is 0 Å². The number of nitrogens with zero attached hydrogens (tertiary/aromatic N) is 2. The summed E-state index contributed by atoms with van der Waals surface area (Å²) in [5.74, 6) is -0.179. The lowest BCUT2D eigenvalue weighted by Crippen LogP contribution is -2.30. The molecule has 1 atom stereocenters. The maximum absolute atomic E-state index is 11.0. The maximum atomic E-state index is 11.0. The molecule has 0 aliphatic heterocycles. The van der Waals surface area contributed by atoms with Crippen LogP contribution in [0.5, 0.6) is 0 Å². The number of hydrogen-bond acceptors (Lipinski definition) is 4. The van der Waals surface area contributed by atoms with Crippen molar-refractivity contribution >= 4 is 5.97 Å². The Morgan fingerprint density at radius 2 is 2.44 bits per heavy atom. The molecular formula is C11H19N3O2. The highest BCUT2D eigenvalue weighted by Crippen LogP contribution is 1.98. The molecule has 0 amide bonds. The van der Waals surface area contributed by atoms with Crippen LogP contribution in [-0.2, 0) is 23.0 Å². The summed E-state index contributed by atoms with van der Waals surface area (Å²) in [6.07, 6.45) is 5.17. The van der Waals surface area contributed by atoms with Gasteiger partial charge in [-0.3, -0.25) is 9.48 Å². The number of carbonyl (C=O) groups is 1. The number of aromatic nitrogens is 2. The van der Waals surface area contributed by atoms with Crippen LogP contribution in [0.3, 0.4) is 0 Å². The number of aryl methyl sites for hydroxylation is 1. The van der Waals surface area contributed by atoms with Gasteiger partial charge in [0.2, 0.25) is 0 Å². The van der Waals surface area contributed by atoms with Gasteiger partial charge in [0.25, 0.3) is 0 Å². The summed E-state index contributed by atoms with van der Waals surface area (Å²) in [6, 6.07) is 0.143. The second-order valence-electron chi connectivity index (χ2n) is 3.91. The lowest BCUT2D eigenvalue weighted by molar-refractivity contribution is -0.141. The molecule has 1 N–H and O–H groups in total. The normalized spacial score (nSPS) is 12.4. The first-order chi connectivity index (χ1) is 7.61. The van der Waals surface area contributed by atoms with Crippen LogP contribution in [0.15, 0.2) is 12.4 Å². The van der Waals surface area contributed by atoms with Gasteiger partial charge in [-0.05, 0) is 25.5 Å². The van der Waals surface area contributed by atoms with Gasteiger partial charge < -0.3 is 10.1 Å². The van der Waals surface area contributed by atoms with Gasteiger partial charge in [-0.1, -0.05) is 0 Å². The quantitative estimate of drug-likeness (QED) is 0.716. The molecule has 0 saturated heterocycles. The van der Waals surface area contributed by atoms with Gasteiger partial charge in [0.1, 0.15) is 0 Å². The number of esters is 1. The first-order valence-electron chi connectivity index (χ1n) is 5.39. The number of ether oxygens (including phenoxy) is 1. The molecular weight excluding hydrogens is 206 g/mol. The fraction of sp³-hybridized carbons (Fsp3) is 0.636. The van der Waals surface area contributed by atoms with E-state index in [-0.39, 0.29) is 12.0 Å². The van der Waals surface area contributed by atoms with Crippen molar-refractivity contribution in [1.82, 2.24) is 15.1 Å². The molecule has 0 fully saturated rings. The van der Waals surface area contributed by atoms with E-state index in [0.29, 0.717) is 6.42 Å². The van der Waals surface area contributed by atoms with Crippen LogP contribution in [0.25, 0.3) is 0 Å². The molecule has 1 rings (SSSR count). The molecule has 1 aromatic rings. The first-order valence-corrected chi connectivity index (χ1v) is 5.39. The molecule has 1 aromatic heterocycles. The first kappa shape index (κ1) is 12.7. The van der Waals surface area contributed by atoms with E-state index in [1.165, 1.54) is 12.7 Å². The Morgan fingerprint density at radius 1 is 1.69 bits per heavy atom. The summed E-state index contributed by atoms with van der Waals surface area (Å²) in [7, 11) is 3.31. The zero-order valence-electron chi connectivity index (χ0n) is 10.1. The van der Waals surface area contributed by atoms with Crippen molar-refractivity contribution in [3.8, 4) is 0 Å². The molecule has 0 radical (unpaired) electrons. The molecule has 0 bridgehead atoms. The summed E-state index contributed by atoms with van der Waals surface area (Å²) in [6.45, 7) is 2.81. The fourth-order valence-corrected chi connectivity index (χ4v) is 1.47. The van der Waals surface area contributed by atoms with Crippen molar-refractivity contribution in [2.75, 3.05) is 13.7 Å². The molecule has 1 unspecified atom stereocenters. The number of methoxy groups -OCH3 is 1. The zero-order chi connectivity index (χ0) is 12.0. The Hall–Kier alpha value is -1.36. The molecule has 5 nitrogen and oxygen atoms in total. The lowest BCUT2D eigenvalue weighted by atomic mass is 10.2. The molecule has 1 heterocycles. The van der Waals surface area contributed by atoms with Crippen LogP contribution in [-0.4, -0.2) is 35.4 Å². The van der Waals surface area contributed by atoms with Crippen LogP contribution in [0.4, 0.5) is 0 Å². The highest BCUT2D eigenvalue weighted by atomic mass is 16.5. The van der Waals surface area contributed by atoms with E-state index in [1.54, 1.807) is 4.68 Å². The van der Waals surface area contributed by atoms with Crippen molar-refractivity contribution in [1.29, 1.82) is 0 Å². The van der Waals surface area contributed by atoms with Crippen molar-refractivity contribution in [2.45, 2.75) is 25.8 Å². The van der Waals surface area contributed by atoms with Gasteiger partial charge in [-0.2, -0.15) is 5.10 Å². The highest BCUT2D eigenvalue weighted by molar-refractivity contribution is 5.69. The largest absolute Gasteiger partial charge is 0.469 e. The molecule has 90 valence electrons. The van der Waals surface area contributed by atoms with Crippen molar-refractivity contribution in [3.63, 3.8) is 0 Å². The molecule has 0 spiro atoms. The van der Waals surface area contributed by atoms with Crippen molar-refractivity contribution in [2.24, 2.45) is 7.05 Å². The van der Waals surface area contributed by atoms with Gasteiger partial charge in [0.05, 0.1) is 19.7 Å². The third-order valence-electron chi connectivity index (χ3n) is 2.37. The average Bonchev–Trinajstić information content (AvgIpc) is 2.64. The van der Waals surface area contributed by atoms with Crippen LogP contribution >= 0.6 is 0 Å². The van der Waals surface area contributed by atoms with Gasteiger partial charge in [-0.25, -0.2) is 0 Å². The van der Waals surface area contributed by atoms with Crippen LogP contribution < -0.4 is 5.32 Å². The number of nitrogens with one attached hydrogen (secondary N) is 1. The second-order valence-corrected chi connectivity index (χ2v) is 3.91. The third-order valence-corrected chi connectivity index (χ3v) is 2.37. The number of hydrogen-bond donors (Lipinski definition) is 1. The predicted octanol–water partition coefficient (Wildman–Crippen LogP) is 0.504. The summed E-state index contributed by atoms with van der Waals surface area (Å²) < 4.78 is 6.38. The second kappa shape index (κ2) is 6.27. The summed E-state index contributed by atoms with van der Waals surface area (Å²) in [4.78, 5) is 11.0. The minimum atomic E-state index is -0.179. The van der Waals surface area contributed by atoms with Crippen LogP contribution in [0, 0.1) is 0 Å². The smallest absolute Gasteiger partial charge is 0.307 e. The minimum Gasteiger partial charge on any atom is -0.469 e. The van der Waals surface area contributed by atoms with Gasteiger partial charge in [0, 0.05) is 19.3 Å². The Balaban J connectivity index is 2.17. The zero-order valence-corrected chi connectivity index (χ0v) is 10.1. The lowest BCUT2D eigenvalue weighted by Gasteiger charge is -2.11. The summed E-state index contributed by atoms with van der Waals surface area (Å²) in [5.41, 5.74) is 1.19. The topological polar surface area (TPSA) is 56.1 Å². The Labute approximate surface area is 95.8 Å². The Kier molecular flexibility index (Phi) is 4.98. The monoisotopic (exact) mass is 225 g/mol. The maximum Gasteiger partial charge on any atom is 0.307 e. The van der Waals surface area contributed by atoms with E-state index >= 15 is 0 Å². The van der Waals surface area contributed by atoms with E-state index in [0.717, 1.165) is 13.0 Å². The molecule has 0 aliphatic carbocycles. The average molecular weight is 225 g/mol. The molecule has 5 heteroatoms. The SMILES string of the molecule is COC(=O)CC(C)NCCc1cnn(C)c1. The molecule has 0 saturated carbocycles. The van der Waals surface area contributed by atoms with Crippen LogP contribution in [0.2, 0.25) is 0 Å². The van der Waals surface area contributed by atoms with Gasteiger partial charge in [-0.15, -0.1) is 0 Å². The number of carbonyl (C=O) groups excluding carboxylic acids is 1. The molecule has 0 aliphatic rings. The highest BCUT2D eigenvalue weighted by Gasteiger charge is 2.07. The van der Waals surface area contributed by atoms with E-state index in [4.69, 9.17) is 0 Å². The minimum absolute atomic E-state index is 0.143. The van der Waals surface area contributed by atoms with E-state index in [1.807, 2.05) is 26.4 Å². The standard InChI is InChI=1S/C11H19N3O2/c1-9(6-11(15)16-3)12-5-4-10-7-13-14(2)8-10/h7-9,12H,4-6H2,1-3H3. The summed E-state index contributed by atoms with van der Waals surface area (Å²) in [5, 5.41) is 7.36. The van der Waals surface area contributed by atoms with E-state index in [2.05, 4.69) is 15.2 Å². The summed E-state index contributed by atoms with van der Waals surface area (Å²) >= 11 is 0. The Morgan fingerprint density at radius 3 is 3.00 bits per heavy atom. The third kappa shape index (κ3) is 4.44.